The number of anilines is 2. The largest absolute Gasteiger partial charge is 0.383 e. The standard InChI is InChI=1S/C13H22N6O/c1-10(2)13-16-11(18-15)9-12(17-13)19(6-4-5-14)7-8-20-3/h9-10H,4,6-8,15H2,1-3H3,(H,16,17,18). The van der Waals surface area contributed by atoms with Gasteiger partial charge in [-0.05, 0) is 0 Å². The summed E-state index contributed by atoms with van der Waals surface area (Å²) in [6.45, 7) is 5.87. The van der Waals surface area contributed by atoms with Crippen molar-refractivity contribution < 1.29 is 4.74 Å². The smallest absolute Gasteiger partial charge is 0.145 e. The number of aromatic nitrogens is 2. The molecule has 0 aliphatic heterocycles. The maximum atomic E-state index is 8.76. The number of hydrogen-bond acceptors (Lipinski definition) is 7. The number of methoxy groups -OCH3 is 1. The van der Waals surface area contributed by atoms with Crippen molar-refractivity contribution in [3.05, 3.63) is 11.9 Å². The summed E-state index contributed by atoms with van der Waals surface area (Å²) in [5.41, 5.74) is 2.56. The zero-order valence-corrected chi connectivity index (χ0v) is 12.3. The molecule has 0 aliphatic carbocycles. The van der Waals surface area contributed by atoms with Crippen LogP contribution in [0.25, 0.3) is 0 Å². The predicted octanol–water partition coefficient (Wildman–Crippen LogP) is 1.25. The molecule has 0 bridgehead atoms. The minimum atomic E-state index is 0.197. The lowest BCUT2D eigenvalue weighted by atomic mass is 10.2. The Labute approximate surface area is 119 Å². The number of hydrazine groups is 1. The third kappa shape index (κ3) is 4.64. The number of ether oxygens (including phenoxy) is 1. The number of hydrogen-bond donors (Lipinski definition) is 2. The molecule has 1 aromatic heterocycles. The van der Waals surface area contributed by atoms with Crippen molar-refractivity contribution in [3.8, 4) is 6.07 Å². The van der Waals surface area contributed by atoms with Gasteiger partial charge >= 0.3 is 0 Å². The van der Waals surface area contributed by atoms with Crippen LogP contribution in [-0.4, -0.2) is 36.8 Å². The summed E-state index contributed by atoms with van der Waals surface area (Å²) < 4.78 is 5.10. The fourth-order valence-corrected chi connectivity index (χ4v) is 1.67. The van der Waals surface area contributed by atoms with Crippen LogP contribution in [0.1, 0.15) is 32.0 Å². The predicted molar refractivity (Wildman–Crippen MR) is 78.3 cm³/mol. The lowest BCUT2D eigenvalue weighted by Crippen LogP contribution is -2.29. The molecule has 1 rings (SSSR count). The third-order valence-electron chi connectivity index (χ3n) is 2.78. The molecule has 20 heavy (non-hydrogen) atoms. The highest BCUT2D eigenvalue weighted by molar-refractivity contribution is 5.49. The number of nitriles is 1. The van der Waals surface area contributed by atoms with Gasteiger partial charge in [-0.1, -0.05) is 13.8 Å². The molecular weight excluding hydrogens is 256 g/mol. The van der Waals surface area contributed by atoms with Crippen LogP contribution in [0.2, 0.25) is 0 Å². The van der Waals surface area contributed by atoms with Gasteiger partial charge in [-0.25, -0.2) is 15.8 Å². The van der Waals surface area contributed by atoms with Crippen molar-refractivity contribution >= 4 is 11.6 Å². The molecule has 0 spiro atoms. The van der Waals surface area contributed by atoms with Crippen LogP contribution in [0.3, 0.4) is 0 Å². The topological polar surface area (TPSA) is 100 Å². The van der Waals surface area contributed by atoms with Crippen LogP contribution in [0.4, 0.5) is 11.6 Å². The number of nitrogen functional groups attached to an aromatic ring is 1. The molecule has 0 atom stereocenters. The molecule has 3 N–H and O–H groups in total. The molecule has 110 valence electrons. The van der Waals surface area contributed by atoms with Crippen molar-refractivity contribution in [2.75, 3.05) is 37.1 Å². The summed E-state index contributed by atoms with van der Waals surface area (Å²) in [6, 6.07) is 3.92. The highest BCUT2D eigenvalue weighted by Gasteiger charge is 2.13. The maximum absolute atomic E-state index is 8.76. The van der Waals surface area contributed by atoms with Gasteiger partial charge in [0.2, 0.25) is 0 Å². The second-order valence-corrected chi connectivity index (χ2v) is 4.66. The normalized spacial score (nSPS) is 10.4. The monoisotopic (exact) mass is 278 g/mol. The fraction of sp³-hybridized carbons (Fsp3) is 0.615. The zero-order chi connectivity index (χ0) is 15.0. The van der Waals surface area contributed by atoms with E-state index in [1.807, 2.05) is 18.7 Å². The summed E-state index contributed by atoms with van der Waals surface area (Å²) in [7, 11) is 1.65. The van der Waals surface area contributed by atoms with Gasteiger partial charge in [0.05, 0.1) is 19.1 Å². The summed E-state index contributed by atoms with van der Waals surface area (Å²) >= 11 is 0. The molecule has 7 nitrogen and oxygen atoms in total. The van der Waals surface area contributed by atoms with Gasteiger partial charge in [-0.3, -0.25) is 0 Å². The Balaban J connectivity index is 3.03. The number of nitrogens with zero attached hydrogens (tertiary/aromatic N) is 4. The van der Waals surface area contributed by atoms with Gasteiger partial charge in [0.1, 0.15) is 17.5 Å². The van der Waals surface area contributed by atoms with E-state index in [-0.39, 0.29) is 5.92 Å². The minimum absolute atomic E-state index is 0.197. The Hall–Kier alpha value is -1.91. The highest BCUT2D eigenvalue weighted by Crippen LogP contribution is 2.19. The molecule has 7 heteroatoms. The lowest BCUT2D eigenvalue weighted by molar-refractivity contribution is 0.205. The molecule has 1 aromatic rings. The number of rotatable bonds is 8. The molecule has 0 amide bonds. The van der Waals surface area contributed by atoms with E-state index in [9.17, 15) is 0 Å². The van der Waals surface area contributed by atoms with Gasteiger partial charge in [-0.2, -0.15) is 5.26 Å². The fourth-order valence-electron chi connectivity index (χ4n) is 1.67. The molecule has 0 saturated carbocycles. The SMILES string of the molecule is COCCN(CCC#N)c1cc(NN)nc(C(C)C)n1. The van der Waals surface area contributed by atoms with E-state index >= 15 is 0 Å². The molecule has 1 heterocycles. The Morgan fingerprint density at radius 1 is 1.45 bits per heavy atom. The number of nitrogens with two attached hydrogens (primary N) is 1. The van der Waals surface area contributed by atoms with E-state index in [0.717, 1.165) is 11.6 Å². The molecular formula is C13H22N6O. The van der Waals surface area contributed by atoms with Crippen molar-refractivity contribution in [2.45, 2.75) is 26.2 Å². The van der Waals surface area contributed by atoms with E-state index < -0.39 is 0 Å². The first-order valence-corrected chi connectivity index (χ1v) is 6.58. The van der Waals surface area contributed by atoms with Crippen LogP contribution in [-0.2, 0) is 4.74 Å². The Morgan fingerprint density at radius 2 is 2.20 bits per heavy atom. The van der Waals surface area contributed by atoms with Crippen LogP contribution in [0.5, 0.6) is 0 Å². The molecule has 0 saturated heterocycles. The van der Waals surface area contributed by atoms with Crippen molar-refractivity contribution in [1.29, 1.82) is 5.26 Å². The Kier molecular flexibility index (Phi) is 6.70. The minimum Gasteiger partial charge on any atom is -0.383 e. The van der Waals surface area contributed by atoms with Gasteiger partial charge < -0.3 is 15.1 Å². The molecule has 0 aliphatic rings. The summed E-state index contributed by atoms with van der Waals surface area (Å²) in [5, 5.41) is 8.76. The first-order valence-electron chi connectivity index (χ1n) is 6.58. The first kappa shape index (κ1) is 16.1. The first-order chi connectivity index (χ1) is 9.62. The van der Waals surface area contributed by atoms with Crippen LogP contribution in [0, 0.1) is 11.3 Å². The van der Waals surface area contributed by atoms with E-state index in [1.54, 1.807) is 13.2 Å². The third-order valence-corrected chi connectivity index (χ3v) is 2.78. The zero-order valence-electron chi connectivity index (χ0n) is 12.3. The van der Waals surface area contributed by atoms with E-state index in [2.05, 4.69) is 21.5 Å². The van der Waals surface area contributed by atoms with E-state index in [0.29, 0.717) is 31.9 Å². The Morgan fingerprint density at radius 3 is 2.75 bits per heavy atom. The quantitative estimate of drug-likeness (QED) is 0.545. The summed E-state index contributed by atoms with van der Waals surface area (Å²) in [4.78, 5) is 10.9. The molecule has 0 aromatic carbocycles. The van der Waals surface area contributed by atoms with Gasteiger partial charge in [0, 0.05) is 32.2 Å². The van der Waals surface area contributed by atoms with Gasteiger partial charge in [-0.15, -0.1) is 0 Å². The number of nitrogens with one attached hydrogen (secondary N) is 1. The van der Waals surface area contributed by atoms with Crippen molar-refractivity contribution in [3.63, 3.8) is 0 Å². The van der Waals surface area contributed by atoms with Gasteiger partial charge in [0.25, 0.3) is 0 Å². The summed E-state index contributed by atoms with van der Waals surface area (Å²) in [5.74, 6) is 7.69. The molecule has 0 unspecified atom stereocenters. The van der Waals surface area contributed by atoms with Crippen molar-refractivity contribution in [2.24, 2.45) is 5.84 Å². The molecule has 0 fully saturated rings. The average molecular weight is 278 g/mol. The van der Waals surface area contributed by atoms with Crippen molar-refractivity contribution in [1.82, 2.24) is 9.97 Å². The summed E-state index contributed by atoms with van der Waals surface area (Å²) in [6.07, 6.45) is 0.427. The second kappa shape index (κ2) is 8.30. The van der Waals surface area contributed by atoms with Gasteiger partial charge in [0.15, 0.2) is 0 Å². The highest BCUT2D eigenvalue weighted by atomic mass is 16.5. The molecule has 0 radical (unpaired) electrons. The second-order valence-electron chi connectivity index (χ2n) is 4.66. The van der Waals surface area contributed by atoms with Crippen LogP contribution in [0.15, 0.2) is 6.07 Å². The van der Waals surface area contributed by atoms with Crippen LogP contribution >= 0.6 is 0 Å². The average Bonchev–Trinajstić information content (AvgIpc) is 2.46. The van der Waals surface area contributed by atoms with E-state index in [1.165, 1.54) is 0 Å². The Bertz CT molecular complexity index is 457. The van der Waals surface area contributed by atoms with Crippen LogP contribution < -0.4 is 16.2 Å². The lowest BCUT2D eigenvalue weighted by Gasteiger charge is -2.23. The van der Waals surface area contributed by atoms with E-state index in [4.69, 9.17) is 15.8 Å². The maximum Gasteiger partial charge on any atom is 0.145 e.